The average molecular weight is 321 g/mol. The van der Waals surface area contributed by atoms with E-state index in [1.165, 1.54) is 30.7 Å². The van der Waals surface area contributed by atoms with Crippen molar-refractivity contribution < 1.29 is 17.9 Å². The van der Waals surface area contributed by atoms with Crippen LogP contribution in [0, 0.1) is 0 Å². The lowest BCUT2D eigenvalue weighted by Gasteiger charge is -2.13. The van der Waals surface area contributed by atoms with Crippen molar-refractivity contribution in [1.82, 2.24) is 5.32 Å². The van der Waals surface area contributed by atoms with Gasteiger partial charge in [0.15, 0.2) is 0 Å². The minimum Gasteiger partial charge on any atom is -0.405 e. The van der Waals surface area contributed by atoms with Gasteiger partial charge in [0.05, 0.1) is 0 Å². The van der Waals surface area contributed by atoms with Gasteiger partial charge in [-0.1, -0.05) is 31.0 Å². The number of ether oxygens (including phenoxy) is 1. The molecule has 120 valence electrons. The van der Waals surface area contributed by atoms with Gasteiger partial charge in [-0.15, -0.1) is 13.2 Å². The summed E-state index contributed by atoms with van der Waals surface area (Å²) >= 11 is 1.85. The summed E-state index contributed by atoms with van der Waals surface area (Å²) in [7, 11) is 0. The Morgan fingerprint density at radius 1 is 1.10 bits per heavy atom. The Bertz CT molecular complexity index is 399. The van der Waals surface area contributed by atoms with Crippen LogP contribution in [0.2, 0.25) is 0 Å². The van der Waals surface area contributed by atoms with E-state index in [0.717, 1.165) is 19.4 Å². The molecular weight excluding hydrogens is 299 g/mol. The maximum absolute atomic E-state index is 12.3. The molecular formula is C15H22F3NOS. The molecule has 1 aromatic carbocycles. The molecule has 0 saturated heterocycles. The maximum atomic E-state index is 12.3. The summed E-state index contributed by atoms with van der Waals surface area (Å²) in [6, 6.07) is 6.23. The third kappa shape index (κ3) is 8.88. The quantitative estimate of drug-likeness (QED) is 0.637. The molecule has 21 heavy (non-hydrogen) atoms. The normalized spacial score (nSPS) is 11.6. The number of alkyl halides is 3. The second-order valence-corrected chi connectivity index (χ2v) is 5.72. The lowest BCUT2D eigenvalue weighted by Crippen LogP contribution is -2.20. The summed E-state index contributed by atoms with van der Waals surface area (Å²) in [5, 5.41) is 3.17. The molecule has 0 unspecified atom stereocenters. The molecule has 6 heteroatoms. The summed E-state index contributed by atoms with van der Waals surface area (Å²) in [5.74, 6) is 1.06. The summed E-state index contributed by atoms with van der Waals surface area (Å²) in [6.45, 7) is 1.19. The zero-order valence-electron chi connectivity index (χ0n) is 12.2. The van der Waals surface area contributed by atoms with Crippen LogP contribution in [0.4, 0.5) is 13.2 Å². The molecule has 0 aliphatic carbocycles. The maximum Gasteiger partial charge on any atom is 0.573 e. The van der Waals surface area contributed by atoms with Crippen LogP contribution >= 0.6 is 11.8 Å². The molecule has 0 spiro atoms. The van der Waals surface area contributed by atoms with Crippen LogP contribution in [-0.2, 0) is 6.54 Å². The lowest BCUT2D eigenvalue weighted by molar-refractivity contribution is -0.274. The molecule has 0 aliphatic heterocycles. The van der Waals surface area contributed by atoms with Gasteiger partial charge in [-0.05, 0) is 37.5 Å². The van der Waals surface area contributed by atoms with Crippen molar-refractivity contribution in [2.24, 2.45) is 0 Å². The van der Waals surface area contributed by atoms with Gasteiger partial charge in [-0.25, -0.2) is 0 Å². The van der Waals surface area contributed by atoms with Gasteiger partial charge in [0, 0.05) is 12.1 Å². The zero-order chi connectivity index (χ0) is 15.6. The number of hydrogen-bond acceptors (Lipinski definition) is 3. The number of hydrogen-bond donors (Lipinski definition) is 1. The van der Waals surface area contributed by atoms with E-state index in [4.69, 9.17) is 0 Å². The van der Waals surface area contributed by atoms with Crippen molar-refractivity contribution in [3.8, 4) is 5.75 Å². The Morgan fingerprint density at radius 3 is 2.52 bits per heavy atom. The second-order valence-electron chi connectivity index (χ2n) is 4.74. The molecule has 0 aliphatic rings. The molecule has 1 N–H and O–H groups in total. The number of halogens is 3. The average Bonchev–Trinajstić information content (AvgIpc) is 2.42. The van der Waals surface area contributed by atoms with Crippen molar-refractivity contribution in [2.45, 2.75) is 38.6 Å². The molecule has 1 rings (SSSR count). The largest absolute Gasteiger partial charge is 0.573 e. The Balaban J connectivity index is 2.26. The van der Waals surface area contributed by atoms with Crippen LogP contribution in [0.15, 0.2) is 24.3 Å². The molecule has 0 saturated carbocycles. The lowest BCUT2D eigenvalue weighted by atomic mass is 10.2. The van der Waals surface area contributed by atoms with Gasteiger partial charge in [-0.3, -0.25) is 0 Å². The second kappa shape index (κ2) is 9.95. The number of nitrogens with one attached hydrogen (secondary N) is 1. The molecule has 1 aromatic rings. The van der Waals surface area contributed by atoms with E-state index < -0.39 is 6.36 Å². The van der Waals surface area contributed by atoms with Crippen molar-refractivity contribution in [1.29, 1.82) is 0 Å². The van der Waals surface area contributed by atoms with E-state index in [1.807, 2.05) is 11.8 Å². The summed E-state index contributed by atoms with van der Waals surface area (Å²) in [5.41, 5.74) is 0.525. The van der Waals surface area contributed by atoms with Crippen LogP contribution in [-0.4, -0.2) is 24.9 Å². The topological polar surface area (TPSA) is 21.3 Å². The number of unbranched alkanes of at least 4 members (excludes halogenated alkanes) is 3. The Kier molecular flexibility index (Phi) is 8.61. The van der Waals surface area contributed by atoms with E-state index in [-0.39, 0.29) is 5.75 Å². The van der Waals surface area contributed by atoms with Crippen LogP contribution in [0.3, 0.4) is 0 Å². The molecule has 0 fully saturated rings. The SMILES string of the molecule is CSCCCCCCNCc1ccccc1OC(F)(F)F. The fraction of sp³-hybridized carbons (Fsp3) is 0.600. The highest BCUT2D eigenvalue weighted by atomic mass is 32.2. The highest BCUT2D eigenvalue weighted by Gasteiger charge is 2.31. The van der Waals surface area contributed by atoms with Gasteiger partial charge < -0.3 is 10.1 Å². The molecule has 0 radical (unpaired) electrons. The monoisotopic (exact) mass is 321 g/mol. The molecule has 0 heterocycles. The Morgan fingerprint density at radius 2 is 1.81 bits per heavy atom. The van der Waals surface area contributed by atoms with Gasteiger partial charge in [0.2, 0.25) is 0 Å². The highest BCUT2D eigenvalue weighted by molar-refractivity contribution is 7.98. The zero-order valence-corrected chi connectivity index (χ0v) is 13.0. The molecule has 0 atom stereocenters. The van der Waals surface area contributed by atoms with Crippen molar-refractivity contribution >= 4 is 11.8 Å². The van der Waals surface area contributed by atoms with Crippen molar-refractivity contribution in [3.05, 3.63) is 29.8 Å². The minimum absolute atomic E-state index is 0.127. The molecule has 0 bridgehead atoms. The Labute approximate surface area is 128 Å². The summed E-state index contributed by atoms with van der Waals surface area (Å²) < 4.78 is 40.8. The van der Waals surface area contributed by atoms with E-state index in [9.17, 15) is 13.2 Å². The van der Waals surface area contributed by atoms with Gasteiger partial charge in [-0.2, -0.15) is 11.8 Å². The van der Waals surface area contributed by atoms with Gasteiger partial charge in [0.1, 0.15) is 5.75 Å². The van der Waals surface area contributed by atoms with Crippen LogP contribution in [0.25, 0.3) is 0 Å². The minimum atomic E-state index is -4.65. The first-order valence-electron chi connectivity index (χ1n) is 7.06. The number of thioether (sulfide) groups is 1. The first-order valence-corrected chi connectivity index (χ1v) is 8.45. The number of rotatable bonds is 10. The molecule has 2 nitrogen and oxygen atoms in total. The smallest absolute Gasteiger partial charge is 0.405 e. The van der Waals surface area contributed by atoms with Crippen molar-refractivity contribution in [3.63, 3.8) is 0 Å². The fourth-order valence-corrected chi connectivity index (χ4v) is 2.44. The summed E-state index contributed by atoms with van der Waals surface area (Å²) in [4.78, 5) is 0. The van der Waals surface area contributed by atoms with E-state index in [0.29, 0.717) is 12.1 Å². The third-order valence-electron chi connectivity index (χ3n) is 2.97. The fourth-order valence-electron chi connectivity index (χ4n) is 1.95. The van der Waals surface area contributed by atoms with Crippen LogP contribution < -0.4 is 10.1 Å². The summed E-state index contributed by atoms with van der Waals surface area (Å²) in [6.07, 6.45) is 2.07. The number of benzene rings is 1. The first-order chi connectivity index (χ1) is 10.0. The highest BCUT2D eigenvalue weighted by Crippen LogP contribution is 2.26. The predicted molar refractivity (Wildman–Crippen MR) is 81.7 cm³/mol. The van der Waals surface area contributed by atoms with E-state index in [1.54, 1.807) is 12.1 Å². The third-order valence-corrected chi connectivity index (χ3v) is 3.66. The van der Waals surface area contributed by atoms with Gasteiger partial charge >= 0.3 is 6.36 Å². The van der Waals surface area contributed by atoms with Crippen molar-refractivity contribution in [2.75, 3.05) is 18.6 Å². The van der Waals surface area contributed by atoms with Crippen LogP contribution in [0.5, 0.6) is 5.75 Å². The first kappa shape index (κ1) is 18.2. The molecule has 0 aromatic heterocycles. The van der Waals surface area contributed by atoms with E-state index in [2.05, 4.69) is 16.3 Å². The standard InChI is InChI=1S/C15H22F3NOS/c1-21-11-7-3-2-6-10-19-12-13-8-4-5-9-14(13)20-15(16,17)18/h4-5,8-9,19H,2-3,6-7,10-12H2,1H3. The van der Waals surface area contributed by atoms with E-state index >= 15 is 0 Å². The van der Waals surface area contributed by atoms with Gasteiger partial charge in [0.25, 0.3) is 0 Å². The number of para-hydroxylation sites is 1. The Hall–Kier alpha value is -0.880. The molecule has 0 amide bonds. The predicted octanol–water partition coefficient (Wildman–Crippen LogP) is 4.60. The van der Waals surface area contributed by atoms with Crippen LogP contribution in [0.1, 0.15) is 31.2 Å².